The van der Waals surface area contributed by atoms with Crippen molar-refractivity contribution < 1.29 is 95.8 Å². The molecule has 0 bridgehead atoms. The SMILES string of the molecule is COCCOCCOCCOCCOCCOCCN(CCOCCOCCOCCOCCOCCOC)c1ccc2c(c1)OI=C(/C=C/C=C1/N(CCCS(=O)(=O)O)c3ccc(S(=O)(=O)O)cc3C1(C)CCCC(=O)O)C=C2C(C)(C)C. The fourth-order valence-corrected chi connectivity index (χ4v) is 11.6. The molecule has 2 aliphatic heterocycles. The van der Waals surface area contributed by atoms with Crippen molar-refractivity contribution in [3.8, 4) is 5.75 Å². The number of carboxylic acids is 1. The van der Waals surface area contributed by atoms with Crippen LogP contribution in [0.25, 0.3) is 5.57 Å². The predicted octanol–water partition coefficient (Wildman–Crippen LogP) is 6.83. The van der Waals surface area contributed by atoms with Gasteiger partial charge in [-0.2, -0.15) is 16.8 Å². The molecule has 0 amide bonds. The lowest BCUT2D eigenvalue weighted by atomic mass is 9.77. The Hall–Kier alpha value is -3.53. The van der Waals surface area contributed by atoms with Crippen molar-refractivity contribution in [2.45, 2.75) is 63.7 Å². The van der Waals surface area contributed by atoms with Crippen molar-refractivity contribution in [3.63, 3.8) is 0 Å². The number of nitrogens with zero attached hydrogens (tertiary/aromatic N) is 2. The molecule has 0 spiro atoms. The Labute approximate surface area is 507 Å². The number of anilines is 2. The maximum absolute atomic E-state index is 12.4. The molecule has 0 aliphatic carbocycles. The minimum Gasteiger partial charge on any atom is -0.481 e. The number of allylic oxidation sites excluding steroid dienone is 6. The molecule has 26 heteroatoms. The van der Waals surface area contributed by atoms with Crippen LogP contribution in [0.1, 0.15) is 64.5 Å². The van der Waals surface area contributed by atoms with Gasteiger partial charge in [-0.3, -0.25) is 13.9 Å². The molecule has 84 heavy (non-hydrogen) atoms. The zero-order chi connectivity index (χ0) is 61.1. The van der Waals surface area contributed by atoms with E-state index in [0.29, 0.717) is 175 Å². The van der Waals surface area contributed by atoms with Gasteiger partial charge in [-0.15, -0.1) is 0 Å². The number of carboxylic acid groups (broad SMARTS) is 1. The molecule has 2 aliphatic rings. The Kier molecular flexibility index (Phi) is 34.8. The number of halogens is 1. The molecular formula is C58H91IN2O21S2. The van der Waals surface area contributed by atoms with Crippen LogP contribution in [0.5, 0.6) is 5.75 Å². The van der Waals surface area contributed by atoms with Gasteiger partial charge in [0.25, 0.3) is 20.2 Å². The first kappa shape index (κ1) is 72.9. The van der Waals surface area contributed by atoms with Gasteiger partial charge in [-0.1, -0.05) is 26.8 Å². The minimum atomic E-state index is -4.61. The van der Waals surface area contributed by atoms with E-state index in [-0.39, 0.29) is 42.5 Å². The number of rotatable bonds is 48. The predicted molar refractivity (Wildman–Crippen MR) is 328 cm³/mol. The number of aliphatic carboxylic acids is 1. The smallest absolute Gasteiger partial charge is 0.303 e. The van der Waals surface area contributed by atoms with Crippen LogP contribution >= 0.6 is 21.1 Å². The summed E-state index contributed by atoms with van der Waals surface area (Å²) in [5.41, 5.74) is 3.41. The molecule has 0 saturated heterocycles. The summed E-state index contributed by atoms with van der Waals surface area (Å²) in [5, 5.41) is 9.58. The van der Waals surface area contributed by atoms with Crippen LogP contribution in [-0.4, -0.2) is 225 Å². The maximum Gasteiger partial charge on any atom is 0.303 e. The summed E-state index contributed by atoms with van der Waals surface area (Å²) < 4.78 is 142. The van der Waals surface area contributed by atoms with Gasteiger partial charge in [-0.05, 0) is 91.3 Å². The fraction of sp³-hybridized carbons (Fsp3) is 0.655. The third-order valence-corrected chi connectivity index (χ3v) is 16.7. The molecule has 2 aromatic carbocycles. The van der Waals surface area contributed by atoms with Gasteiger partial charge in [0.15, 0.2) is 0 Å². The highest BCUT2D eigenvalue weighted by Crippen LogP contribution is 2.51. The van der Waals surface area contributed by atoms with Crippen molar-refractivity contribution in [3.05, 3.63) is 77.5 Å². The average Bonchev–Trinajstić information content (AvgIpc) is 2.17. The number of fused-ring (bicyclic) bond motifs is 2. The molecule has 478 valence electrons. The number of carbonyl (C=O) groups is 1. The quantitative estimate of drug-likeness (QED) is 0.0348. The molecule has 2 aromatic rings. The largest absolute Gasteiger partial charge is 0.481 e. The number of hydrogen-bond donors (Lipinski definition) is 3. The first-order chi connectivity index (χ1) is 40.3. The molecule has 0 fully saturated rings. The highest BCUT2D eigenvalue weighted by Gasteiger charge is 2.44. The van der Waals surface area contributed by atoms with E-state index in [1.54, 1.807) is 20.3 Å². The summed E-state index contributed by atoms with van der Waals surface area (Å²) >= 11 is -1.09. The Bertz CT molecular complexity index is 2560. The minimum absolute atomic E-state index is 0.0331. The third-order valence-electron chi connectivity index (χ3n) is 13.1. The van der Waals surface area contributed by atoms with E-state index >= 15 is 0 Å². The Balaban J connectivity index is 1.46. The van der Waals surface area contributed by atoms with Crippen molar-refractivity contribution in [2.75, 3.05) is 195 Å². The van der Waals surface area contributed by atoms with E-state index in [9.17, 15) is 35.8 Å². The van der Waals surface area contributed by atoms with E-state index < -0.39 is 58.5 Å². The zero-order valence-corrected chi connectivity index (χ0v) is 53.6. The summed E-state index contributed by atoms with van der Waals surface area (Å²) in [7, 11) is -5.65. The standard InChI is InChI=1S/C58H91IN2O21S2/c1-57(2,3)51-44-47(10-7-11-55-58(4,17-8-12-56(62)63)52-46-49(84(67,68)69)14-16-53(52)61(55)18-9-43-83(64,65)66)59-82-54-45-48(13-15-50(51)54)60(19-21-72-27-29-76-35-37-80-41-39-78-33-31-74-25-23-70-5)20-22-73-28-30-77-36-38-81-42-40-79-34-32-75-26-24-71-6/h7,10-11,13-16,44-46H,8-9,12,17-43H2,1-6H3,(H,62,63)(H,64,65,66)(H,67,68,69)/b10-7+,55-11+. The second kappa shape index (κ2) is 40.1. The number of hydrogen-bond acceptors (Lipinski definition) is 20. The summed E-state index contributed by atoms with van der Waals surface area (Å²) in [6, 6.07) is 10.4. The summed E-state index contributed by atoms with van der Waals surface area (Å²) in [5.74, 6) is -0.774. The van der Waals surface area contributed by atoms with E-state index in [2.05, 4.69) is 49.9 Å². The van der Waals surface area contributed by atoms with Crippen LogP contribution in [0.2, 0.25) is 0 Å². The molecule has 2 heterocycles. The Morgan fingerprint density at radius 3 is 1.58 bits per heavy atom. The first-order valence-electron chi connectivity index (χ1n) is 28.3. The second-order valence-corrected chi connectivity index (χ2v) is 25.7. The maximum atomic E-state index is 12.4. The van der Waals surface area contributed by atoms with E-state index in [0.717, 1.165) is 26.1 Å². The lowest BCUT2D eigenvalue weighted by molar-refractivity contribution is -0.137. The van der Waals surface area contributed by atoms with Crippen LogP contribution in [0.4, 0.5) is 11.4 Å². The van der Waals surface area contributed by atoms with E-state index in [4.69, 9.17) is 59.9 Å². The van der Waals surface area contributed by atoms with Crippen molar-refractivity contribution in [1.82, 2.24) is 0 Å². The molecule has 0 radical (unpaired) electrons. The van der Waals surface area contributed by atoms with Crippen molar-refractivity contribution in [2.24, 2.45) is 5.41 Å². The van der Waals surface area contributed by atoms with Crippen LogP contribution in [0.3, 0.4) is 0 Å². The topological polar surface area (TPSA) is 273 Å². The van der Waals surface area contributed by atoms with Gasteiger partial charge < -0.3 is 74.8 Å². The normalized spacial score (nSPS) is 16.1. The molecule has 0 saturated carbocycles. The lowest BCUT2D eigenvalue weighted by Gasteiger charge is -2.30. The van der Waals surface area contributed by atoms with Gasteiger partial charge >= 0.3 is 5.97 Å². The van der Waals surface area contributed by atoms with Crippen LogP contribution in [-0.2, 0) is 87.3 Å². The molecule has 1 atom stereocenters. The molecule has 1 unspecified atom stereocenters. The van der Waals surface area contributed by atoms with E-state index in [1.807, 2.05) is 30.1 Å². The van der Waals surface area contributed by atoms with Crippen LogP contribution in [0, 0.1) is 5.41 Å². The third kappa shape index (κ3) is 28.1. The fourth-order valence-electron chi connectivity index (χ4n) is 8.91. The van der Waals surface area contributed by atoms with Gasteiger partial charge in [0.1, 0.15) is 26.9 Å². The monoisotopic (exact) mass is 1340 g/mol. The molecule has 23 nitrogen and oxygen atoms in total. The number of methoxy groups -OCH3 is 2. The van der Waals surface area contributed by atoms with E-state index in [1.165, 1.54) is 12.1 Å². The van der Waals surface area contributed by atoms with Crippen LogP contribution in [0.15, 0.2) is 71.3 Å². The number of benzene rings is 2. The van der Waals surface area contributed by atoms with Gasteiger partial charge in [0, 0.05) is 77.9 Å². The second-order valence-electron chi connectivity index (χ2n) is 20.6. The Morgan fingerprint density at radius 2 is 1.14 bits per heavy atom. The number of ether oxygens (including phenoxy) is 12. The van der Waals surface area contributed by atoms with Crippen molar-refractivity contribution >= 4 is 67.8 Å². The molecule has 0 aromatic heterocycles. The summed E-state index contributed by atoms with van der Waals surface area (Å²) in [6.07, 6.45) is 8.28. The van der Waals surface area contributed by atoms with Crippen LogP contribution < -0.4 is 12.9 Å². The first-order valence-corrected chi connectivity index (χ1v) is 33.3. The zero-order valence-electron chi connectivity index (χ0n) is 49.8. The highest BCUT2D eigenvalue weighted by atomic mass is 127. The van der Waals surface area contributed by atoms with Gasteiger partial charge in [0.2, 0.25) is 0 Å². The average molecular weight is 1340 g/mol. The van der Waals surface area contributed by atoms with Crippen molar-refractivity contribution in [1.29, 1.82) is 0 Å². The van der Waals surface area contributed by atoms with Gasteiger partial charge in [0.05, 0.1) is 156 Å². The van der Waals surface area contributed by atoms with Gasteiger partial charge in [-0.25, -0.2) is 0 Å². The molecule has 3 N–H and O–H groups in total. The summed E-state index contributed by atoms with van der Waals surface area (Å²) in [4.78, 5) is 15.4. The molecule has 4 rings (SSSR count). The Morgan fingerprint density at radius 1 is 0.667 bits per heavy atom. The molecular weight excluding hydrogens is 1250 g/mol. The summed E-state index contributed by atoms with van der Waals surface area (Å²) in [6.45, 7) is 19.7. The lowest BCUT2D eigenvalue weighted by Crippen LogP contribution is -2.31. The highest BCUT2D eigenvalue weighted by molar-refractivity contribution is 14.2.